The zero-order valence-electron chi connectivity index (χ0n) is 12.9. The molecule has 0 spiro atoms. The van der Waals surface area contributed by atoms with Crippen LogP contribution >= 0.6 is 11.3 Å². The third kappa shape index (κ3) is 2.83. The number of carbonyl (C=O) groups excluding carboxylic acids is 1. The van der Waals surface area contributed by atoms with Crippen molar-refractivity contribution < 1.29 is 9.18 Å². The van der Waals surface area contributed by atoms with Gasteiger partial charge in [0.1, 0.15) is 10.8 Å². The van der Waals surface area contributed by atoms with Crippen LogP contribution in [0, 0.1) is 5.82 Å². The van der Waals surface area contributed by atoms with Gasteiger partial charge < -0.3 is 4.90 Å². The van der Waals surface area contributed by atoms with Gasteiger partial charge in [-0.1, -0.05) is 30.3 Å². The molecule has 0 bridgehead atoms. The van der Waals surface area contributed by atoms with Crippen LogP contribution in [0.2, 0.25) is 0 Å². The second-order valence-electron chi connectivity index (χ2n) is 5.76. The largest absolute Gasteiger partial charge is 0.311 e. The molecule has 0 N–H and O–H groups in total. The van der Waals surface area contributed by atoms with E-state index in [2.05, 4.69) is 11.1 Å². The Morgan fingerprint density at radius 3 is 2.96 bits per heavy atom. The number of benzene rings is 2. The third-order valence-corrected chi connectivity index (χ3v) is 5.08. The number of hydrogen-bond acceptors (Lipinski definition) is 3. The summed E-state index contributed by atoms with van der Waals surface area (Å²) in [6.45, 7) is 0.721. The van der Waals surface area contributed by atoms with Gasteiger partial charge in [-0.3, -0.25) is 4.79 Å². The number of fused-ring (bicyclic) bond motifs is 1. The molecule has 5 heteroatoms. The van der Waals surface area contributed by atoms with Crippen LogP contribution in [0.15, 0.2) is 53.9 Å². The number of aromatic nitrogens is 1. The molecule has 4 rings (SSSR count). The number of nitrogens with zero attached hydrogens (tertiary/aromatic N) is 2. The average Bonchev–Trinajstić information content (AvgIpc) is 3.21. The first-order valence-corrected chi connectivity index (χ1v) is 8.67. The number of anilines is 1. The molecule has 1 aliphatic rings. The molecule has 2 heterocycles. The summed E-state index contributed by atoms with van der Waals surface area (Å²) < 4.78 is 13.3. The van der Waals surface area contributed by atoms with E-state index in [4.69, 9.17) is 0 Å². The van der Waals surface area contributed by atoms with Crippen molar-refractivity contribution in [3.05, 3.63) is 71.0 Å². The normalized spacial score (nSPS) is 13.1. The van der Waals surface area contributed by atoms with Crippen LogP contribution < -0.4 is 4.90 Å². The number of carbonyl (C=O) groups is 1. The van der Waals surface area contributed by atoms with E-state index < -0.39 is 0 Å². The summed E-state index contributed by atoms with van der Waals surface area (Å²) in [7, 11) is 0. The van der Waals surface area contributed by atoms with Crippen molar-refractivity contribution in [1.82, 2.24) is 4.98 Å². The summed E-state index contributed by atoms with van der Waals surface area (Å²) in [5, 5.41) is 2.61. The van der Waals surface area contributed by atoms with Crippen molar-refractivity contribution in [2.45, 2.75) is 12.8 Å². The minimum atomic E-state index is -0.283. The van der Waals surface area contributed by atoms with Crippen molar-refractivity contribution in [3.8, 4) is 10.6 Å². The smallest absolute Gasteiger partial charge is 0.233 e. The van der Waals surface area contributed by atoms with Gasteiger partial charge in [0.15, 0.2) is 0 Å². The van der Waals surface area contributed by atoms with Crippen molar-refractivity contribution in [1.29, 1.82) is 0 Å². The molecular formula is C19H15FN2OS. The van der Waals surface area contributed by atoms with E-state index in [9.17, 15) is 9.18 Å². The standard InChI is InChI=1S/C19H15FN2OS/c20-15-6-3-5-14(10-15)19-21-16(12-24-19)11-18(23)22-9-8-13-4-1-2-7-17(13)22/h1-7,10,12H,8-9,11H2. The molecule has 120 valence electrons. The Labute approximate surface area is 143 Å². The van der Waals surface area contributed by atoms with Gasteiger partial charge in [-0.05, 0) is 30.2 Å². The van der Waals surface area contributed by atoms with Crippen molar-refractivity contribution >= 4 is 22.9 Å². The highest BCUT2D eigenvalue weighted by Crippen LogP contribution is 2.29. The predicted octanol–water partition coefficient (Wildman–Crippen LogP) is 4.08. The highest BCUT2D eigenvalue weighted by Gasteiger charge is 2.24. The van der Waals surface area contributed by atoms with Gasteiger partial charge in [0.2, 0.25) is 5.91 Å². The number of thiazole rings is 1. The number of rotatable bonds is 3. The summed E-state index contributed by atoms with van der Waals surface area (Å²) in [5.74, 6) is -0.231. The fourth-order valence-electron chi connectivity index (χ4n) is 2.99. The van der Waals surface area contributed by atoms with E-state index in [1.165, 1.54) is 29.0 Å². The van der Waals surface area contributed by atoms with E-state index in [-0.39, 0.29) is 18.1 Å². The van der Waals surface area contributed by atoms with Gasteiger partial charge in [-0.15, -0.1) is 11.3 Å². The molecular weight excluding hydrogens is 323 g/mol. The van der Waals surface area contributed by atoms with Crippen LogP contribution in [0.4, 0.5) is 10.1 Å². The topological polar surface area (TPSA) is 33.2 Å². The summed E-state index contributed by atoms with van der Waals surface area (Å²) in [5.41, 5.74) is 3.69. The van der Waals surface area contributed by atoms with Crippen molar-refractivity contribution in [2.24, 2.45) is 0 Å². The van der Waals surface area contributed by atoms with Crippen LogP contribution in [-0.2, 0) is 17.6 Å². The zero-order valence-corrected chi connectivity index (χ0v) is 13.7. The molecule has 24 heavy (non-hydrogen) atoms. The summed E-state index contributed by atoms with van der Waals surface area (Å²) in [4.78, 5) is 18.9. The van der Waals surface area contributed by atoms with Gasteiger partial charge in [0, 0.05) is 23.2 Å². The Kier molecular flexibility index (Phi) is 3.86. The Morgan fingerprint density at radius 2 is 2.08 bits per heavy atom. The monoisotopic (exact) mass is 338 g/mol. The van der Waals surface area contributed by atoms with E-state index in [0.717, 1.165) is 34.9 Å². The maximum Gasteiger partial charge on any atom is 0.233 e. The predicted molar refractivity (Wildman–Crippen MR) is 93.7 cm³/mol. The molecule has 0 aliphatic carbocycles. The fourth-order valence-corrected chi connectivity index (χ4v) is 3.81. The van der Waals surface area contributed by atoms with Gasteiger partial charge in [0.05, 0.1) is 12.1 Å². The van der Waals surface area contributed by atoms with Crippen LogP contribution in [0.1, 0.15) is 11.3 Å². The first kappa shape index (κ1) is 15.0. The highest BCUT2D eigenvalue weighted by molar-refractivity contribution is 7.13. The third-order valence-electron chi connectivity index (χ3n) is 4.14. The molecule has 0 saturated heterocycles. The van der Waals surface area contributed by atoms with E-state index in [1.807, 2.05) is 34.5 Å². The molecule has 0 fully saturated rings. The lowest BCUT2D eigenvalue weighted by atomic mass is 10.2. The van der Waals surface area contributed by atoms with Gasteiger partial charge >= 0.3 is 0 Å². The molecule has 3 aromatic rings. The van der Waals surface area contributed by atoms with Crippen LogP contribution in [0.5, 0.6) is 0 Å². The summed E-state index contributed by atoms with van der Waals surface area (Å²) in [6, 6.07) is 14.4. The zero-order chi connectivity index (χ0) is 16.5. The van der Waals surface area contributed by atoms with Gasteiger partial charge in [-0.25, -0.2) is 9.37 Å². The lowest BCUT2D eigenvalue weighted by molar-refractivity contribution is -0.117. The second-order valence-corrected chi connectivity index (χ2v) is 6.61. The van der Waals surface area contributed by atoms with Crippen molar-refractivity contribution in [2.75, 3.05) is 11.4 Å². The number of para-hydroxylation sites is 1. The van der Waals surface area contributed by atoms with Crippen LogP contribution in [0.3, 0.4) is 0 Å². The molecule has 0 saturated carbocycles. The molecule has 2 aromatic carbocycles. The SMILES string of the molecule is O=C(Cc1csc(-c2cccc(F)c2)n1)N1CCc2ccccc21. The van der Waals surface area contributed by atoms with Crippen LogP contribution in [0.25, 0.3) is 10.6 Å². The Balaban J connectivity index is 1.52. The Morgan fingerprint density at radius 1 is 1.21 bits per heavy atom. The molecule has 1 amide bonds. The maximum absolute atomic E-state index is 13.3. The lowest BCUT2D eigenvalue weighted by Gasteiger charge is -2.16. The Bertz CT molecular complexity index is 906. The van der Waals surface area contributed by atoms with E-state index in [0.29, 0.717) is 0 Å². The fraction of sp³-hybridized carbons (Fsp3) is 0.158. The number of hydrogen-bond donors (Lipinski definition) is 0. The number of halogens is 1. The minimum Gasteiger partial charge on any atom is -0.311 e. The first-order valence-electron chi connectivity index (χ1n) is 7.79. The van der Waals surface area contributed by atoms with Gasteiger partial charge in [-0.2, -0.15) is 0 Å². The quantitative estimate of drug-likeness (QED) is 0.721. The number of amides is 1. The average molecular weight is 338 g/mol. The summed E-state index contributed by atoms with van der Waals surface area (Å²) in [6.07, 6.45) is 1.16. The van der Waals surface area contributed by atoms with Crippen LogP contribution in [-0.4, -0.2) is 17.4 Å². The first-order chi connectivity index (χ1) is 11.7. The Hall–Kier alpha value is -2.53. The highest BCUT2D eigenvalue weighted by atomic mass is 32.1. The van der Waals surface area contributed by atoms with Gasteiger partial charge in [0.25, 0.3) is 0 Å². The maximum atomic E-state index is 13.3. The van der Waals surface area contributed by atoms with E-state index >= 15 is 0 Å². The molecule has 1 aromatic heterocycles. The molecule has 3 nitrogen and oxygen atoms in total. The molecule has 0 unspecified atom stereocenters. The molecule has 0 atom stereocenters. The molecule has 1 aliphatic heterocycles. The second kappa shape index (κ2) is 6.17. The molecule has 0 radical (unpaired) electrons. The summed E-state index contributed by atoms with van der Waals surface area (Å²) >= 11 is 1.43. The minimum absolute atomic E-state index is 0.0519. The van der Waals surface area contributed by atoms with Crippen molar-refractivity contribution in [3.63, 3.8) is 0 Å². The van der Waals surface area contributed by atoms with E-state index in [1.54, 1.807) is 6.07 Å². The lowest BCUT2D eigenvalue weighted by Crippen LogP contribution is -2.30.